The number of benzene rings is 1. The van der Waals surface area contributed by atoms with Crippen molar-refractivity contribution in [2.24, 2.45) is 0 Å². The number of hydrogen-bond acceptors (Lipinski definition) is 3. The number of carbonyl (C=O) groups is 1. The summed E-state index contributed by atoms with van der Waals surface area (Å²) in [6.07, 6.45) is 4.16. The van der Waals surface area contributed by atoms with Crippen molar-refractivity contribution in [3.8, 4) is 0 Å². The molecule has 0 saturated carbocycles. The van der Waals surface area contributed by atoms with Crippen LogP contribution in [0.4, 0.5) is 0 Å². The molecule has 1 heterocycles. The molecule has 5 heteroatoms. The smallest absolute Gasteiger partial charge is 0.251 e. The quantitative estimate of drug-likeness (QED) is 0.883. The van der Waals surface area contributed by atoms with E-state index in [1.165, 1.54) is 12.8 Å². The van der Waals surface area contributed by atoms with Gasteiger partial charge in [0, 0.05) is 40.6 Å². The van der Waals surface area contributed by atoms with E-state index >= 15 is 0 Å². The van der Waals surface area contributed by atoms with E-state index in [0.29, 0.717) is 12.1 Å². The van der Waals surface area contributed by atoms with Gasteiger partial charge in [0.05, 0.1) is 0 Å². The summed E-state index contributed by atoms with van der Waals surface area (Å²) in [5.74, 6) is -0.0624. The third-order valence-electron chi connectivity index (χ3n) is 3.36. The summed E-state index contributed by atoms with van der Waals surface area (Å²) in [6.45, 7) is 3.89. The normalized spacial score (nSPS) is 17.3. The molecule has 1 unspecified atom stereocenters. The topological polar surface area (TPSA) is 49.4 Å². The largest absolute Gasteiger partial charge is 0.351 e. The summed E-state index contributed by atoms with van der Waals surface area (Å²) in [6, 6.07) is 6.93. The Balaban J connectivity index is 1.80. The average Bonchev–Trinajstić information content (AvgIpc) is 2.92. The van der Waals surface area contributed by atoms with Crippen LogP contribution < -0.4 is 5.32 Å². The van der Waals surface area contributed by atoms with Gasteiger partial charge in [0.1, 0.15) is 0 Å². The number of hydrogen-bond donors (Lipinski definition) is 1. The van der Waals surface area contributed by atoms with E-state index in [4.69, 9.17) is 0 Å². The second-order valence-corrected chi connectivity index (χ2v) is 6.16. The van der Waals surface area contributed by atoms with Gasteiger partial charge in [-0.25, -0.2) is 0 Å². The monoisotopic (exact) mass is 280 g/mol. The van der Waals surface area contributed by atoms with E-state index in [1.54, 1.807) is 30.5 Å². The van der Waals surface area contributed by atoms with Gasteiger partial charge in [-0.1, -0.05) is 0 Å². The number of carbonyl (C=O) groups excluding carboxylic acids is 1. The van der Waals surface area contributed by atoms with Crippen molar-refractivity contribution >= 4 is 16.7 Å². The van der Waals surface area contributed by atoms with Crippen molar-refractivity contribution in [3.05, 3.63) is 29.8 Å². The minimum absolute atomic E-state index is 0.0624. The molecule has 1 aliphatic rings. The molecule has 19 heavy (non-hydrogen) atoms. The highest BCUT2D eigenvalue weighted by Gasteiger charge is 2.11. The molecule has 4 nitrogen and oxygen atoms in total. The Morgan fingerprint density at radius 2 is 1.89 bits per heavy atom. The third-order valence-corrected chi connectivity index (χ3v) is 4.30. The maximum Gasteiger partial charge on any atom is 0.251 e. The highest BCUT2D eigenvalue weighted by molar-refractivity contribution is 7.84. The maximum absolute atomic E-state index is 11.9. The lowest BCUT2D eigenvalue weighted by atomic mass is 10.2. The standard InChI is InChI=1S/C14H20N2O2S/c1-19(18)13-6-4-12(5-7-13)14(17)15-8-11-16-9-2-3-10-16/h4-7H,2-3,8-11H2,1H3,(H,15,17). The van der Waals surface area contributed by atoms with Crippen LogP contribution in [0, 0.1) is 0 Å². The average molecular weight is 280 g/mol. The van der Waals surface area contributed by atoms with Crippen molar-refractivity contribution in [2.45, 2.75) is 17.7 Å². The molecule has 0 radical (unpaired) electrons. The van der Waals surface area contributed by atoms with Gasteiger partial charge in [-0.05, 0) is 50.2 Å². The van der Waals surface area contributed by atoms with Crippen molar-refractivity contribution < 1.29 is 9.00 Å². The second-order valence-electron chi connectivity index (χ2n) is 4.78. The SMILES string of the molecule is CS(=O)c1ccc(C(=O)NCCN2CCCC2)cc1. The second kappa shape index (κ2) is 6.82. The number of amides is 1. The van der Waals surface area contributed by atoms with Gasteiger partial charge < -0.3 is 10.2 Å². The Labute approximate surface area is 116 Å². The van der Waals surface area contributed by atoms with E-state index in [0.717, 1.165) is 24.5 Å². The summed E-state index contributed by atoms with van der Waals surface area (Å²) in [7, 11) is -0.996. The molecule has 1 saturated heterocycles. The molecule has 1 aliphatic heterocycles. The van der Waals surface area contributed by atoms with E-state index < -0.39 is 10.8 Å². The van der Waals surface area contributed by atoms with Crippen LogP contribution in [0.1, 0.15) is 23.2 Å². The van der Waals surface area contributed by atoms with Gasteiger partial charge in [-0.2, -0.15) is 0 Å². The molecule has 1 atom stereocenters. The van der Waals surface area contributed by atoms with Crippen LogP contribution >= 0.6 is 0 Å². The van der Waals surface area contributed by atoms with Crippen LogP contribution in [0.5, 0.6) is 0 Å². The van der Waals surface area contributed by atoms with Gasteiger partial charge >= 0.3 is 0 Å². The van der Waals surface area contributed by atoms with E-state index in [-0.39, 0.29) is 5.91 Å². The molecule has 2 rings (SSSR count). The maximum atomic E-state index is 11.9. The fraction of sp³-hybridized carbons (Fsp3) is 0.500. The molecule has 0 aromatic heterocycles. The van der Waals surface area contributed by atoms with Crippen molar-refractivity contribution in [3.63, 3.8) is 0 Å². The zero-order valence-electron chi connectivity index (χ0n) is 11.2. The summed E-state index contributed by atoms with van der Waals surface area (Å²) >= 11 is 0. The number of nitrogens with one attached hydrogen (secondary N) is 1. The highest BCUT2D eigenvalue weighted by Crippen LogP contribution is 2.08. The molecule has 0 aliphatic carbocycles. The Bertz CT molecular complexity index is 453. The van der Waals surface area contributed by atoms with Crippen molar-refractivity contribution in [1.82, 2.24) is 10.2 Å². The highest BCUT2D eigenvalue weighted by atomic mass is 32.2. The zero-order chi connectivity index (χ0) is 13.7. The van der Waals surface area contributed by atoms with Crippen LogP contribution in [-0.4, -0.2) is 47.5 Å². The number of rotatable bonds is 5. The van der Waals surface area contributed by atoms with Crippen molar-refractivity contribution in [1.29, 1.82) is 0 Å². The first-order chi connectivity index (χ1) is 9.16. The summed E-state index contributed by atoms with van der Waals surface area (Å²) < 4.78 is 11.3. The van der Waals surface area contributed by atoms with Gasteiger partial charge in [0.2, 0.25) is 0 Å². The van der Waals surface area contributed by atoms with Gasteiger partial charge in [0.15, 0.2) is 0 Å². The first-order valence-electron chi connectivity index (χ1n) is 6.61. The van der Waals surface area contributed by atoms with Crippen LogP contribution in [-0.2, 0) is 10.8 Å². The molecule has 0 spiro atoms. The molecular formula is C14H20N2O2S. The minimum atomic E-state index is -0.996. The Kier molecular flexibility index (Phi) is 5.10. The summed E-state index contributed by atoms with van der Waals surface area (Å²) in [5.41, 5.74) is 0.621. The van der Waals surface area contributed by atoms with E-state index in [9.17, 15) is 9.00 Å². The molecule has 0 bridgehead atoms. The van der Waals surface area contributed by atoms with Gasteiger partial charge in [-0.3, -0.25) is 9.00 Å². The Morgan fingerprint density at radius 1 is 1.26 bits per heavy atom. The summed E-state index contributed by atoms with van der Waals surface area (Å²) in [5, 5.41) is 2.92. The molecule has 1 fully saturated rings. The molecule has 104 valence electrons. The lowest BCUT2D eigenvalue weighted by Gasteiger charge is -2.14. The molecule has 1 aromatic carbocycles. The number of likely N-dealkylation sites (tertiary alicyclic amines) is 1. The first-order valence-corrected chi connectivity index (χ1v) is 8.16. The first kappa shape index (κ1) is 14.2. The van der Waals surface area contributed by atoms with Crippen molar-refractivity contribution in [2.75, 3.05) is 32.4 Å². The number of nitrogens with zero attached hydrogens (tertiary/aromatic N) is 1. The Morgan fingerprint density at radius 3 is 2.47 bits per heavy atom. The molecule has 1 aromatic rings. The predicted octanol–water partition coefficient (Wildman–Crippen LogP) is 1.25. The van der Waals surface area contributed by atoms with Crippen LogP contribution in [0.15, 0.2) is 29.2 Å². The van der Waals surface area contributed by atoms with Gasteiger partial charge in [0.25, 0.3) is 5.91 Å². The molecular weight excluding hydrogens is 260 g/mol. The lowest BCUT2D eigenvalue weighted by molar-refractivity contribution is 0.0949. The lowest BCUT2D eigenvalue weighted by Crippen LogP contribution is -2.33. The Hall–Kier alpha value is -1.20. The van der Waals surface area contributed by atoms with E-state index in [2.05, 4.69) is 10.2 Å². The summed E-state index contributed by atoms with van der Waals surface area (Å²) in [4.78, 5) is 15.0. The van der Waals surface area contributed by atoms with Crippen LogP contribution in [0.25, 0.3) is 0 Å². The van der Waals surface area contributed by atoms with Crippen LogP contribution in [0.3, 0.4) is 0 Å². The predicted molar refractivity (Wildman–Crippen MR) is 76.8 cm³/mol. The third kappa shape index (κ3) is 4.14. The van der Waals surface area contributed by atoms with Crippen LogP contribution in [0.2, 0.25) is 0 Å². The fourth-order valence-electron chi connectivity index (χ4n) is 2.23. The molecule has 1 N–H and O–H groups in total. The van der Waals surface area contributed by atoms with E-state index in [1.807, 2.05) is 0 Å². The molecule has 1 amide bonds. The zero-order valence-corrected chi connectivity index (χ0v) is 12.0. The van der Waals surface area contributed by atoms with Gasteiger partial charge in [-0.15, -0.1) is 0 Å². The minimum Gasteiger partial charge on any atom is -0.351 e. The fourth-order valence-corrected chi connectivity index (χ4v) is 2.75.